The van der Waals surface area contributed by atoms with E-state index < -0.39 is 11.2 Å². The number of nitrogens with two attached hydrogens (primary N) is 1. The zero-order chi connectivity index (χ0) is 15.5. The highest BCUT2D eigenvalue weighted by atomic mass is 35.5. The average Bonchev–Trinajstić information content (AvgIpc) is 2.41. The summed E-state index contributed by atoms with van der Waals surface area (Å²) >= 11 is 0. The van der Waals surface area contributed by atoms with Crippen LogP contribution >= 0.6 is 12.4 Å². The molecule has 120 valence electrons. The van der Waals surface area contributed by atoms with Crippen LogP contribution in [-0.4, -0.2) is 24.6 Å². The lowest BCUT2D eigenvalue weighted by Gasteiger charge is -2.18. The normalized spacial score (nSPS) is 10.9. The molecule has 7 heteroatoms. The van der Waals surface area contributed by atoms with Crippen LogP contribution in [0.15, 0.2) is 39.5 Å². The fraction of sp³-hybridized carbons (Fsp3) is 0.333. The molecule has 0 fully saturated rings. The molecule has 0 aliphatic carbocycles. The van der Waals surface area contributed by atoms with Gasteiger partial charge >= 0.3 is 5.63 Å². The Morgan fingerprint density at radius 3 is 2.68 bits per heavy atom. The molecule has 2 rings (SSSR count). The summed E-state index contributed by atoms with van der Waals surface area (Å²) in [5, 5.41) is 3.46. The van der Waals surface area contributed by atoms with Gasteiger partial charge < -0.3 is 20.2 Å². The van der Waals surface area contributed by atoms with E-state index in [1.165, 1.54) is 6.07 Å². The number of ether oxygens (including phenoxy) is 1. The van der Waals surface area contributed by atoms with Crippen molar-refractivity contribution in [1.82, 2.24) is 5.32 Å². The minimum absolute atomic E-state index is 0. The average molecular weight is 327 g/mol. The summed E-state index contributed by atoms with van der Waals surface area (Å²) in [4.78, 5) is 22.8. The van der Waals surface area contributed by atoms with Crippen LogP contribution in [0.25, 0.3) is 11.0 Å². The molecule has 22 heavy (non-hydrogen) atoms. The second kappa shape index (κ2) is 7.29. The van der Waals surface area contributed by atoms with Gasteiger partial charge in [-0.3, -0.25) is 4.79 Å². The molecule has 0 aliphatic heterocycles. The van der Waals surface area contributed by atoms with Gasteiger partial charge in [-0.25, -0.2) is 4.79 Å². The molecule has 3 N–H and O–H groups in total. The number of carbonyl (C=O) groups is 1. The molecular formula is C15H19ClN2O4. The maximum atomic E-state index is 11.6. The van der Waals surface area contributed by atoms with E-state index in [-0.39, 0.29) is 24.9 Å². The number of benzene rings is 1. The third kappa shape index (κ3) is 5.38. The van der Waals surface area contributed by atoms with Crippen LogP contribution < -0.4 is 21.4 Å². The molecule has 0 saturated heterocycles. The van der Waals surface area contributed by atoms with Crippen molar-refractivity contribution in [3.63, 3.8) is 0 Å². The van der Waals surface area contributed by atoms with Gasteiger partial charge in [0.2, 0.25) is 0 Å². The van der Waals surface area contributed by atoms with Crippen LogP contribution in [0.3, 0.4) is 0 Å². The first-order chi connectivity index (χ1) is 9.83. The molecule has 0 spiro atoms. The largest absolute Gasteiger partial charge is 0.484 e. The lowest BCUT2D eigenvalue weighted by atomic mass is 10.1. The first-order valence-corrected chi connectivity index (χ1v) is 6.56. The second-order valence-electron chi connectivity index (χ2n) is 5.51. The van der Waals surface area contributed by atoms with Crippen LogP contribution in [0.4, 0.5) is 0 Å². The van der Waals surface area contributed by atoms with Crippen molar-refractivity contribution in [2.45, 2.75) is 19.4 Å². The smallest absolute Gasteiger partial charge is 0.336 e. The molecule has 1 heterocycles. The number of hydrogen-bond acceptors (Lipinski definition) is 5. The summed E-state index contributed by atoms with van der Waals surface area (Å²) in [6, 6.07) is 8.07. The number of rotatable bonds is 5. The van der Waals surface area contributed by atoms with Crippen molar-refractivity contribution >= 4 is 29.3 Å². The summed E-state index contributed by atoms with van der Waals surface area (Å²) in [7, 11) is 0. The third-order valence-corrected chi connectivity index (χ3v) is 2.71. The number of fused-ring (bicyclic) bond motifs is 1. The summed E-state index contributed by atoms with van der Waals surface area (Å²) < 4.78 is 10.4. The fourth-order valence-electron chi connectivity index (χ4n) is 1.66. The summed E-state index contributed by atoms with van der Waals surface area (Å²) in [6.45, 7) is 3.87. The predicted octanol–water partition coefficient (Wildman–Crippen LogP) is 1.45. The highest BCUT2D eigenvalue weighted by Gasteiger charge is 2.12. The van der Waals surface area contributed by atoms with E-state index in [1.807, 2.05) is 13.8 Å². The van der Waals surface area contributed by atoms with Gasteiger partial charge in [-0.05, 0) is 32.0 Å². The predicted molar refractivity (Wildman–Crippen MR) is 86.5 cm³/mol. The van der Waals surface area contributed by atoms with E-state index >= 15 is 0 Å². The Labute approximate surface area is 134 Å². The Morgan fingerprint density at radius 2 is 2.00 bits per heavy atom. The Balaban J connectivity index is 0.00000242. The maximum absolute atomic E-state index is 11.6. The topological polar surface area (TPSA) is 94.6 Å². The van der Waals surface area contributed by atoms with E-state index in [9.17, 15) is 9.59 Å². The molecule has 1 aromatic heterocycles. The summed E-state index contributed by atoms with van der Waals surface area (Å²) in [5.41, 5.74) is 5.29. The summed E-state index contributed by atoms with van der Waals surface area (Å²) in [6.07, 6.45) is 0. The molecule has 0 bridgehead atoms. The van der Waals surface area contributed by atoms with Crippen molar-refractivity contribution in [3.8, 4) is 5.75 Å². The molecule has 6 nitrogen and oxygen atoms in total. The maximum Gasteiger partial charge on any atom is 0.336 e. The van der Waals surface area contributed by atoms with E-state index in [4.69, 9.17) is 14.9 Å². The molecule has 2 aromatic rings. The molecule has 0 unspecified atom stereocenters. The van der Waals surface area contributed by atoms with Gasteiger partial charge in [0, 0.05) is 29.6 Å². The van der Waals surface area contributed by atoms with Crippen molar-refractivity contribution in [3.05, 3.63) is 40.8 Å². The van der Waals surface area contributed by atoms with Crippen LogP contribution in [0.2, 0.25) is 0 Å². The zero-order valence-electron chi connectivity index (χ0n) is 12.4. The Morgan fingerprint density at radius 1 is 1.32 bits per heavy atom. The highest BCUT2D eigenvalue weighted by Crippen LogP contribution is 2.19. The van der Waals surface area contributed by atoms with Crippen molar-refractivity contribution in [2.24, 2.45) is 5.73 Å². The summed E-state index contributed by atoms with van der Waals surface area (Å²) in [5.74, 6) is 0.196. The third-order valence-electron chi connectivity index (χ3n) is 2.71. The van der Waals surface area contributed by atoms with Gasteiger partial charge in [-0.1, -0.05) is 0 Å². The molecule has 0 radical (unpaired) electrons. The number of hydrogen-bond donors (Lipinski definition) is 2. The molecular weight excluding hydrogens is 308 g/mol. The van der Waals surface area contributed by atoms with Crippen LogP contribution in [0.1, 0.15) is 13.8 Å². The first-order valence-electron chi connectivity index (χ1n) is 6.56. The Hall–Kier alpha value is -2.05. The molecule has 1 amide bonds. The van der Waals surface area contributed by atoms with E-state index in [1.54, 1.807) is 24.3 Å². The minimum Gasteiger partial charge on any atom is -0.484 e. The standard InChI is InChI=1S/C15H18N2O4.ClH/c1-15(2,16)9-17-13(18)8-20-11-5-3-10-4-6-14(19)21-12(10)7-11;/h3-7H,8-9,16H2,1-2H3,(H,17,18);1H. The van der Waals surface area contributed by atoms with Crippen molar-refractivity contribution in [2.75, 3.05) is 13.2 Å². The number of amides is 1. The van der Waals surface area contributed by atoms with Gasteiger partial charge in [-0.15, -0.1) is 12.4 Å². The number of carbonyl (C=O) groups excluding carboxylic acids is 1. The molecule has 0 saturated carbocycles. The second-order valence-corrected chi connectivity index (χ2v) is 5.51. The molecule has 0 aliphatic rings. The zero-order valence-corrected chi connectivity index (χ0v) is 13.2. The van der Waals surface area contributed by atoms with Gasteiger partial charge in [-0.2, -0.15) is 0 Å². The van der Waals surface area contributed by atoms with Gasteiger partial charge in [0.05, 0.1) is 0 Å². The van der Waals surface area contributed by atoms with E-state index in [2.05, 4.69) is 5.32 Å². The number of nitrogens with one attached hydrogen (secondary N) is 1. The highest BCUT2D eigenvalue weighted by molar-refractivity contribution is 5.85. The fourth-order valence-corrected chi connectivity index (χ4v) is 1.66. The van der Waals surface area contributed by atoms with Crippen molar-refractivity contribution in [1.29, 1.82) is 0 Å². The van der Waals surface area contributed by atoms with Crippen LogP contribution in [0, 0.1) is 0 Å². The number of halogens is 1. The quantitative estimate of drug-likeness (QED) is 0.811. The van der Waals surface area contributed by atoms with E-state index in [0.717, 1.165) is 5.39 Å². The van der Waals surface area contributed by atoms with Crippen molar-refractivity contribution < 1.29 is 13.9 Å². The van der Waals surface area contributed by atoms with Crippen LogP contribution in [0.5, 0.6) is 5.75 Å². The minimum atomic E-state index is -0.470. The first kappa shape index (κ1) is 18.0. The lowest BCUT2D eigenvalue weighted by Crippen LogP contribution is -2.46. The lowest BCUT2D eigenvalue weighted by molar-refractivity contribution is -0.123. The van der Waals surface area contributed by atoms with E-state index in [0.29, 0.717) is 17.9 Å². The van der Waals surface area contributed by atoms with Gasteiger partial charge in [0.25, 0.3) is 5.91 Å². The van der Waals surface area contributed by atoms with Crippen LogP contribution in [-0.2, 0) is 4.79 Å². The Bertz CT molecular complexity index is 706. The Kier molecular flexibility index (Phi) is 5.96. The van der Waals surface area contributed by atoms with Gasteiger partial charge in [0.15, 0.2) is 6.61 Å². The molecule has 0 atom stereocenters. The SMILES string of the molecule is CC(C)(N)CNC(=O)COc1ccc2ccc(=O)oc2c1.Cl. The molecule has 1 aromatic carbocycles. The van der Waals surface area contributed by atoms with Gasteiger partial charge in [0.1, 0.15) is 11.3 Å². The monoisotopic (exact) mass is 326 g/mol.